The number of nitrogens with zero attached hydrogens (tertiary/aromatic N) is 1. The lowest BCUT2D eigenvalue weighted by Gasteiger charge is -2.42. The normalized spacial score (nSPS) is 18.7. The summed E-state index contributed by atoms with van der Waals surface area (Å²) >= 11 is 0. The van der Waals surface area contributed by atoms with Crippen LogP contribution in [0.15, 0.2) is 97.1 Å². The van der Waals surface area contributed by atoms with Crippen molar-refractivity contribution < 1.29 is 33.7 Å². The van der Waals surface area contributed by atoms with Crippen LogP contribution in [0.25, 0.3) is 10.8 Å². The van der Waals surface area contributed by atoms with Gasteiger partial charge in [0.25, 0.3) is 0 Å². The van der Waals surface area contributed by atoms with Crippen LogP contribution in [0.5, 0.6) is 0 Å². The van der Waals surface area contributed by atoms with Gasteiger partial charge in [0.05, 0.1) is 19.3 Å². The number of hydrogen-bond donors (Lipinski definition) is 2. The highest BCUT2D eigenvalue weighted by molar-refractivity contribution is 5.84. The van der Waals surface area contributed by atoms with Crippen LogP contribution < -0.4 is 5.32 Å². The molecule has 45 heavy (non-hydrogen) atoms. The number of aliphatic hydroxyl groups is 1. The summed E-state index contributed by atoms with van der Waals surface area (Å²) < 4.78 is 17.3. The van der Waals surface area contributed by atoms with Gasteiger partial charge in [0.1, 0.15) is 12.2 Å². The first-order valence-corrected chi connectivity index (χ1v) is 15.1. The van der Waals surface area contributed by atoms with Gasteiger partial charge in [-0.05, 0) is 66.4 Å². The predicted octanol–water partition coefficient (Wildman–Crippen LogP) is 7.05. The van der Waals surface area contributed by atoms with Gasteiger partial charge in [-0.15, -0.1) is 5.06 Å². The Morgan fingerprint density at radius 2 is 1.53 bits per heavy atom. The predicted molar refractivity (Wildman–Crippen MR) is 171 cm³/mol. The number of benzene rings is 4. The van der Waals surface area contributed by atoms with Crippen LogP contribution in [-0.4, -0.2) is 53.8 Å². The number of ether oxygens (including phenoxy) is 3. The monoisotopic (exact) mass is 612 g/mol. The van der Waals surface area contributed by atoms with Gasteiger partial charge in [-0.25, -0.2) is 9.59 Å². The second-order valence-electron chi connectivity index (χ2n) is 12.2. The molecule has 0 saturated carbocycles. The molecule has 1 aliphatic heterocycles. The number of aliphatic hydroxyl groups excluding tert-OH is 1. The Balaban J connectivity index is 1.30. The zero-order valence-corrected chi connectivity index (χ0v) is 25.8. The zero-order chi connectivity index (χ0) is 31.8. The largest absolute Gasteiger partial charge is 0.528 e. The second kappa shape index (κ2) is 14.6. The highest BCUT2D eigenvalue weighted by Gasteiger charge is 2.40. The van der Waals surface area contributed by atoms with Crippen molar-refractivity contribution in [3.63, 3.8) is 0 Å². The molecule has 9 heteroatoms. The van der Waals surface area contributed by atoms with Crippen molar-refractivity contribution in [2.45, 2.75) is 51.6 Å². The average Bonchev–Trinajstić information content (AvgIpc) is 3.02. The number of rotatable bonds is 9. The minimum atomic E-state index is -0.799. The Hall–Kier alpha value is -4.44. The maximum atomic E-state index is 12.5. The summed E-state index contributed by atoms with van der Waals surface area (Å²) in [6.45, 7) is 6.22. The summed E-state index contributed by atoms with van der Waals surface area (Å²) in [5.74, 6) is -0.480. The molecule has 236 valence electrons. The van der Waals surface area contributed by atoms with Gasteiger partial charge in [0.2, 0.25) is 0 Å². The van der Waals surface area contributed by atoms with Crippen molar-refractivity contribution in [1.29, 1.82) is 0 Å². The van der Waals surface area contributed by atoms with Gasteiger partial charge in [-0.2, -0.15) is 0 Å². The van der Waals surface area contributed by atoms with E-state index in [1.165, 1.54) is 5.06 Å². The topological polar surface area (TPSA) is 107 Å². The summed E-state index contributed by atoms with van der Waals surface area (Å²) in [6.07, 6.45) is -1.75. The molecule has 3 unspecified atom stereocenters. The maximum absolute atomic E-state index is 12.5. The van der Waals surface area contributed by atoms with Crippen LogP contribution in [0.1, 0.15) is 43.4 Å². The van der Waals surface area contributed by atoms with E-state index in [4.69, 9.17) is 19.0 Å². The van der Waals surface area contributed by atoms with Crippen molar-refractivity contribution in [1.82, 2.24) is 5.06 Å². The fourth-order valence-corrected chi connectivity index (χ4v) is 5.52. The Morgan fingerprint density at radius 3 is 2.24 bits per heavy atom. The highest BCUT2D eigenvalue weighted by atomic mass is 16.8. The molecule has 1 saturated heterocycles. The molecule has 1 amide bonds. The molecule has 9 nitrogen and oxygen atoms in total. The summed E-state index contributed by atoms with van der Waals surface area (Å²) in [7, 11) is 0. The molecule has 0 aromatic heterocycles. The first-order valence-electron chi connectivity index (χ1n) is 15.1. The number of para-hydroxylation sites is 1. The summed E-state index contributed by atoms with van der Waals surface area (Å²) in [4.78, 5) is 30.3. The number of carbonyl (C=O) groups is 2. The molecule has 4 aromatic carbocycles. The van der Waals surface area contributed by atoms with E-state index in [9.17, 15) is 14.7 Å². The lowest BCUT2D eigenvalue weighted by Crippen LogP contribution is -2.51. The number of nitrogens with one attached hydrogen (secondary N) is 1. The van der Waals surface area contributed by atoms with Crippen molar-refractivity contribution in [2.75, 3.05) is 25.0 Å². The first kappa shape index (κ1) is 32.0. The van der Waals surface area contributed by atoms with Gasteiger partial charge in [0, 0.05) is 30.7 Å². The Bertz CT molecular complexity index is 1570. The fraction of sp³-hybridized carbons (Fsp3) is 0.333. The first-order chi connectivity index (χ1) is 21.7. The van der Waals surface area contributed by atoms with Crippen molar-refractivity contribution in [3.05, 3.63) is 114 Å². The quantitative estimate of drug-likeness (QED) is 0.194. The molecule has 3 atom stereocenters. The molecule has 0 radical (unpaired) electrons. The molecule has 1 aliphatic rings. The van der Waals surface area contributed by atoms with Gasteiger partial charge in [-0.1, -0.05) is 78.9 Å². The van der Waals surface area contributed by atoms with Crippen LogP contribution in [0.4, 0.5) is 15.3 Å². The third-order valence-electron chi connectivity index (χ3n) is 7.59. The standard InChI is InChI=1S/C36H40N2O7/c1-36(2,3)44-35(41)45-38-20-30(22-39)33(32(21-38)42-24-26-15-16-27-9-7-8-10-29(27)19-26)28-17-13-25(14-18-28)23-43-34(40)37-31-11-5-4-6-12-31/h4-19,30,32-33,39H,20-24H2,1-3H3,(H,37,40). The van der Waals surface area contributed by atoms with E-state index in [0.29, 0.717) is 25.4 Å². The SMILES string of the molecule is CC(C)(C)OC(=O)ON1CC(CO)C(c2ccc(COC(=O)Nc3ccccc3)cc2)C(OCc2ccc3ccccc3c2)C1. The number of hydroxylamine groups is 2. The Kier molecular flexibility index (Phi) is 10.3. The molecule has 1 heterocycles. The van der Waals surface area contributed by atoms with Crippen molar-refractivity contribution in [2.24, 2.45) is 5.92 Å². The minimum absolute atomic E-state index is 0.104. The van der Waals surface area contributed by atoms with Crippen LogP contribution in [0, 0.1) is 5.92 Å². The molecule has 1 fully saturated rings. The van der Waals surface area contributed by atoms with E-state index in [1.807, 2.05) is 60.7 Å². The molecular formula is C36H40N2O7. The smallest absolute Gasteiger partial charge is 0.444 e. The number of piperidine rings is 1. The van der Waals surface area contributed by atoms with Gasteiger partial charge < -0.3 is 24.2 Å². The van der Waals surface area contributed by atoms with Crippen molar-refractivity contribution in [3.8, 4) is 0 Å². The van der Waals surface area contributed by atoms with E-state index >= 15 is 0 Å². The molecule has 2 N–H and O–H groups in total. The number of amides is 1. The van der Waals surface area contributed by atoms with Crippen LogP contribution in [0.2, 0.25) is 0 Å². The maximum Gasteiger partial charge on any atom is 0.528 e. The van der Waals surface area contributed by atoms with E-state index in [-0.39, 0.29) is 25.0 Å². The number of hydrogen-bond acceptors (Lipinski definition) is 8. The minimum Gasteiger partial charge on any atom is -0.444 e. The third-order valence-corrected chi connectivity index (χ3v) is 7.59. The Morgan fingerprint density at radius 1 is 0.844 bits per heavy atom. The number of carbonyl (C=O) groups excluding carboxylic acids is 2. The van der Waals surface area contributed by atoms with Crippen LogP contribution in [-0.2, 0) is 32.3 Å². The van der Waals surface area contributed by atoms with Crippen LogP contribution in [0.3, 0.4) is 0 Å². The molecule has 5 rings (SSSR count). The van der Waals surface area contributed by atoms with E-state index in [2.05, 4.69) is 29.6 Å². The molecule has 4 aromatic rings. The number of fused-ring (bicyclic) bond motifs is 1. The molecule has 0 aliphatic carbocycles. The zero-order valence-electron chi connectivity index (χ0n) is 25.8. The molecule has 0 bridgehead atoms. The summed E-state index contributed by atoms with van der Waals surface area (Å²) in [5, 5.41) is 17.0. The molecular weight excluding hydrogens is 572 g/mol. The van der Waals surface area contributed by atoms with Crippen LogP contribution >= 0.6 is 0 Å². The fourth-order valence-electron chi connectivity index (χ4n) is 5.52. The summed E-state index contributed by atoms with van der Waals surface area (Å²) in [6, 6.07) is 31.2. The lowest BCUT2D eigenvalue weighted by atomic mass is 9.79. The molecule has 0 spiro atoms. The third kappa shape index (κ3) is 9.04. The van der Waals surface area contributed by atoms with Gasteiger partial charge in [-0.3, -0.25) is 5.32 Å². The van der Waals surface area contributed by atoms with E-state index in [0.717, 1.165) is 27.5 Å². The number of anilines is 1. The van der Waals surface area contributed by atoms with Gasteiger partial charge in [0.15, 0.2) is 0 Å². The van der Waals surface area contributed by atoms with Crippen molar-refractivity contribution >= 4 is 28.7 Å². The second-order valence-corrected chi connectivity index (χ2v) is 12.2. The Labute approximate surface area is 263 Å². The van der Waals surface area contributed by atoms with E-state index in [1.54, 1.807) is 32.9 Å². The van der Waals surface area contributed by atoms with E-state index < -0.39 is 24.0 Å². The van der Waals surface area contributed by atoms with Gasteiger partial charge >= 0.3 is 12.2 Å². The average molecular weight is 613 g/mol. The summed E-state index contributed by atoms with van der Waals surface area (Å²) in [5.41, 5.74) is 2.75. The highest BCUT2D eigenvalue weighted by Crippen LogP contribution is 2.36. The lowest BCUT2D eigenvalue weighted by molar-refractivity contribution is -0.194.